The van der Waals surface area contributed by atoms with Crippen molar-refractivity contribution in [3.05, 3.63) is 58.4 Å². The first kappa shape index (κ1) is 17.4. The van der Waals surface area contributed by atoms with Crippen molar-refractivity contribution in [2.75, 3.05) is 16.8 Å². The van der Waals surface area contributed by atoms with Crippen LogP contribution in [-0.4, -0.2) is 18.4 Å². The quantitative estimate of drug-likeness (QED) is 0.897. The van der Waals surface area contributed by atoms with Gasteiger partial charge in [0.2, 0.25) is 11.8 Å². The van der Waals surface area contributed by atoms with Crippen LogP contribution < -0.4 is 10.2 Å². The standard InChI is InChI=1S/C19H18ClFN2O2/c1-11-4-7-16-13(8-11)19(2,3)18(25)23(16)10-17(24)22-15-6-5-12(20)9-14(15)21/h4-9H,10H2,1-3H3,(H,22,24). The minimum absolute atomic E-state index is 0.0319. The lowest BCUT2D eigenvalue weighted by Crippen LogP contribution is -2.40. The molecule has 130 valence electrons. The van der Waals surface area contributed by atoms with Crippen LogP contribution in [0, 0.1) is 12.7 Å². The monoisotopic (exact) mass is 360 g/mol. The van der Waals surface area contributed by atoms with Crippen LogP contribution in [0.1, 0.15) is 25.0 Å². The number of hydrogen-bond donors (Lipinski definition) is 1. The summed E-state index contributed by atoms with van der Waals surface area (Å²) in [6.07, 6.45) is 0. The summed E-state index contributed by atoms with van der Waals surface area (Å²) in [4.78, 5) is 26.5. The van der Waals surface area contributed by atoms with Crippen molar-refractivity contribution in [2.45, 2.75) is 26.2 Å². The summed E-state index contributed by atoms with van der Waals surface area (Å²) in [5.74, 6) is -1.25. The van der Waals surface area contributed by atoms with Crippen molar-refractivity contribution >= 4 is 34.8 Å². The minimum Gasteiger partial charge on any atom is -0.322 e. The van der Waals surface area contributed by atoms with Gasteiger partial charge in [-0.25, -0.2) is 4.39 Å². The van der Waals surface area contributed by atoms with Crippen LogP contribution in [-0.2, 0) is 15.0 Å². The summed E-state index contributed by atoms with van der Waals surface area (Å²) >= 11 is 5.70. The fraction of sp³-hybridized carbons (Fsp3) is 0.263. The van der Waals surface area contributed by atoms with E-state index in [-0.39, 0.29) is 23.2 Å². The number of nitrogens with one attached hydrogen (secondary N) is 1. The van der Waals surface area contributed by atoms with E-state index in [0.29, 0.717) is 5.69 Å². The van der Waals surface area contributed by atoms with Crippen molar-refractivity contribution in [1.29, 1.82) is 0 Å². The van der Waals surface area contributed by atoms with Crippen molar-refractivity contribution in [3.8, 4) is 0 Å². The number of anilines is 2. The Morgan fingerprint density at radius 2 is 1.96 bits per heavy atom. The van der Waals surface area contributed by atoms with E-state index in [2.05, 4.69) is 5.32 Å². The molecule has 1 aliphatic heterocycles. The highest BCUT2D eigenvalue weighted by Crippen LogP contribution is 2.41. The number of aryl methyl sites for hydroxylation is 1. The van der Waals surface area contributed by atoms with E-state index in [9.17, 15) is 14.0 Å². The molecule has 2 aromatic rings. The van der Waals surface area contributed by atoms with Crippen LogP contribution in [0.3, 0.4) is 0 Å². The predicted octanol–water partition coefficient (Wildman–Crippen LogP) is 4.05. The zero-order valence-corrected chi connectivity index (χ0v) is 14.9. The van der Waals surface area contributed by atoms with Gasteiger partial charge in [-0.2, -0.15) is 0 Å². The van der Waals surface area contributed by atoms with E-state index < -0.39 is 17.1 Å². The molecule has 1 aliphatic rings. The number of benzene rings is 2. The molecule has 0 spiro atoms. The number of halogens is 2. The van der Waals surface area contributed by atoms with Crippen LogP contribution in [0.4, 0.5) is 15.8 Å². The molecular formula is C19H18ClFN2O2. The lowest BCUT2D eigenvalue weighted by atomic mass is 9.85. The first-order valence-corrected chi connectivity index (χ1v) is 8.26. The second kappa shape index (κ2) is 6.15. The summed E-state index contributed by atoms with van der Waals surface area (Å²) in [7, 11) is 0. The first-order valence-electron chi connectivity index (χ1n) is 7.88. The second-order valence-electron chi connectivity index (χ2n) is 6.71. The predicted molar refractivity (Wildman–Crippen MR) is 96.6 cm³/mol. The van der Waals surface area contributed by atoms with Crippen LogP contribution >= 0.6 is 11.6 Å². The van der Waals surface area contributed by atoms with Gasteiger partial charge in [0, 0.05) is 10.7 Å². The molecule has 0 saturated carbocycles. The summed E-state index contributed by atoms with van der Waals surface area (Å²) in [5, 5.41) is 2.73. The number of rotatable bonds is 3. The largest absolute Gasteiger partial charge is 0.322 e. The number of carbonyl (C=O) groups excluding carboxylic acids is 2. The van der Waals surface area contributed by atoms with Gasteiger partial charge in [-0.3, -0.25) is 9.59 Å². The van der Waals surface area contributed by atoms with Gasteiger partial charge in [0.1, 0.15) is 12.4 Å². The third-order valence-corrected chi connectivity index (χ3v) is 4.64. The molecule has 0 aromatic heterocycles. The molecule has 0 aliphatic carbocycles. The van der Waals surface area contributed by atoms with Crippen molar-refractivity contribution < 1.29 is 14.0 Å². The molecule has 0 fully saturated rings. The number of amides is 2. The molecule has 0 bridgehead atoms. The van der Waals surface area contributed by atoms with Crippen LogP contribution in [0.5, 0.6) is 0 Å². The minimum atomic E-state index is -0.701. The Labute approximate surface area is 150 Å². The molecule has 2 aromatic carbocycles. The van der Waals surface area contributed by atoms with E-state index in [1.54, 1.807) is 0 Å². The normalized spacial score (nSPS) is 15.2. The molecule has 0 saturated heterocycles. The van der Waals surface area contributed by atoms with Gasteiger partial charge in [0.15, 0.2) is 0 Å². The van der Waals surface area contributed by atoms with Gasteiger partial charge < -0.3 is 10.2 Å². The SMILES string of the molecule is Cc1ccc2c(c1)C(C)(C)C(=O)N2CC(=O)Nc1ccc(Cl)cc1F. The molecule has 6 heteroatoms. The van der Waals surface area contributed by atoms with Crippen molar-refractivity contribution in [3.63, 3.8) is 0 Å². The van der Waals surface area contributed by atoms with E-state index >= 15 is 0 Å². The average molecular weight is 361 g/mol. The number of carbonyl (C=O) groups is 2. The van der Waals surface area contributed by atoms with E-state index in [1.807, 2.05) is 39.0 Å². The molecule has 1 heterocycles. The van der Waals surface area contributed by atoms with Gasteiger partial charge >= 0.3 is 0 Å². The maximum absolute atomic E-state index is 13.8. The summed E-state index contributed by atoms with van der Waals surface area (Å²) in [6.45, 7) is 5.45. The highest BCUT2D eigenvalue weighted by molar-refractivity contribution is 6.30. The fourth-order valence-electron chi connectivity index (χ4n) is 3.03. The Kier molecular flexibility index (Phi) is 4.29. The fourth-order valence-corrected chi connectivity index (χ4v) is 3.19. The van der Waals surface area contributed by atoms with Gasteiger partial charge in [0.25, 0.3) is 0 Å². The van der Waals surface area contributed by atoms with Gasteiger partial charge in [-0.05, 0) is 50.6 Å². The lowest BCUT2D eigenvalue weighted by molar-refractivity contribution is -0.124. The summed E-state index contributed by atoms with van der Waals surface area (Å²) in [5.41, 5.74) is 1.99. The maximum atomic E-state index is 13.8. The van der Waals surface area contributed by atoms with E-state index in [4.69, 9.17) is 11.6 Å². The molecule has 0 unspecified atom stereocenters. The van der Waals surface area contributed by atoms with Crippen molar-refractivity contribution in [1.82, 2.24) is 0 Å². The number of hydrogen-bond acceptors (Lipinski definition) is 2. The molecule has 3 rings (SSSR count). The molecule has 25 heavy (non-hydrogen) atoms. The summed E-state index contributed by atoms with van der Waals surface area (Å²) in [6, 6.07) is 9.71. The Hall–Kier alpha value is -2.40. The van der Waals surface area contributed by atoms with E-state index in [1.165, 1.54) is 17.0 Å². The average Bonchev–Trinajstić information content (AvgIpc) is 2.71. The summed E-state index contributed by atoms with van der Waals surface area (Å²) < 4.78 is 13.8. The second-order valence-corrected chi connectivity index (χ2v) is 7.15. The lowest BCUT2D eigenvalue weighted by Gasteiger charge is -2.20. The topological polar surface area (TPSA) is 49.4 Å². The Morgan fingerprint density at radius 3 is 2.64 bits per heavy atom. The van der Waals surface area contributed by atoms with Gasteiger partial charge in [0.05, 0.1) is 11.1 Å². The van der Waals surface area contributed by atoms with Gasteiger partial charge in [-0.15, -0.1) is 0 Å². The number of nitrogens with zero attached hydrogens (tertiary/aromatic N) is 1. The first-order chi connectivity index (χ1) is 11.7. The smallest absolute Gasteiger partial charge is 0.244 e. The highest BCUT2D eigenvalue weighted by Gasteiger charge is 2.44. The number of fused-ring (bicyclic) bond motifs is 1. The third kappa shape index (κ3) is 3.12. The van der Waals surface area contributed by atoms with E-state index in [0.717, 1.165) is 17.2 Å². The maximum Gasteiger partial charge on any atom is 0.244 e. The molecule has 0 radical (unpaired) electrons. The van der Waals surface area contributed by atoms with Gasteiger partial charge in [-0.1, -0.05) is 29.3 Å². The molecular weight excluding hydrogens is 343 g/mol. The zero-order valence-electron chi connectivity index (χ0n) is 14.2. The molecule has 0 atom stereocenters. The Morgan fingerprint density at radius 1 is 1.24 bits per heavy atom. The highest BCUT2D eigenvalue weighted by atomic mass is 35.5. The van der Waals surface area contributed by atoms with Crippen LogP contribution in [0.2, 0.25) is 5.02 Å². The molecule has 4 nitrogen and oxygen atoms in total. The third-order valence-electron chi connectivity index (χ3n) is 4.40. The Bertz CT molecular complexity index is 880. The Balaban J connectivity index is 1.83. The molecule has 2 amide bonds. The molecule has 1 N–H and O–H groups in total. The zero-order chi connectivity index (χ0) is 18.4. The van der Waals surface area contributed by atoms with Crippen LogP contribution in [0.15, 0.2) is 36.4 Å². The van der Waals surface area contributed by atoms with Crippen molar-refractivity contribution in [2.24, 2.45) is 0 Å². The van der Waals surface area contributed by atoms with Crippen LogP contribution in [0.25, 0.3) is 0 Å².